The van der Waals surface area contributed by atoms with Crippen molar-refractivity contribution in [3.05, 3.63) is 47.5 Å². The summed E-state index contributed by atoms with van der Waals surface area (Å²) in [7, 11) is 3.04. The lowest BCUT2D eigenvalue weighted by molar-refractivity contribution is -0.134. The van der Waals surface area contributed by atoms with Crippen molar-refractivity contribution in [3.63, 3.8) is 0 Å². The van der Waals surface area contributed by atoms with E-state index in [1.807, 2.05) is 26.0 Å². The second-order valence-electron chi connectivity index (χ2n) is 4.31. The van der Waals surface area contributed by atoms with Crippen LogP contribution in [0.15, 0.2) is 36.4 Å². The van der Waals surface area contributed by atoms with Gasteiger partial charge in [-0.15, -0.1) is 0 Å². The second kappa shape index (κ2) is 6.97. The van der Waals surface area contributed by atoms with Crippen LogP contribution in [-0.2, 0) is 14.3 Å². The molecular formula is C15H20O3. The van der Waals surface area contributed by atoms with Crippen molar-refractivity contribution in [1.82, 2.24) is 0 Å². The Labute approximate surface area is 108 Å². The summed E-state index contributed by atoms with van der Waals surface area (Å²) in [5.74, 6) is -0.252. The maximum Gasteiger partial charge on any atom is 0.330 e. The van der Waals surface area contributed by atoms with Crippen LogP contribution in [-0.4, -0.2) is 20.2 Å². The minimum absolute atomic E-state index is 0.0634. The van der Waals surface area contributed by atoms with E-state index in [-0.39, 0.29) is 18.0 Å². The molecule has 0 N–H and O–H groups in total. The number of benzene rings is 1. The lowest BCUT2D eigenvalue weighted by atomic mass is 9.96. The first-order valence-corrected chi connectivity index (χ1v) is 5.94. The molecule has 1 aromatic rings. The van der Waals surface area contributed by atoms with Gasteiger partial charge in [0, 0.05) is 19.1 Å². The number of ether oxygens (including phenoxy) is 2. The number of aryl methyl sites for hydroxylation is 1. The summed E-state index contributed by atoms with van der Waals surface area (Å²) < 4.78 is 10.1. The molecule has 0 aromatic heterocycles. The molecule has 0 aliphatic rings. The van der Waals surface area contributed by atoms with E-state index in [0.29, 0.717) is 0 Å². The molecule has 0 aliphatic carbocycles. The third kappa shape index (κ3) is 4.00. The molecule has 0 saturated carbocycles. The molecule has 0 bridgehead atoms. The molecule has 1 aromatic carbocycles. The average molecular weight is 248 g/mol. The minimum Gasteiger partial charge on any atom is -0.466 e. The number of rotatable bonds is 5. The molecule has 0 fully saturated rings. The van der Waals surface area contributed by atoms with E-state index in [1.165, 1.54) is 18.7 Å². The molecule has 0 unspecified atom stereocenters. The van der Waals surface area contributed by atoms with Gasteiger partial charge < -0.3 is 9.47 Å². The quantitative estimate of drug-likeness (QED) is 0.593. The predicted octanol–water partition coefficient (Wildman–Crippen LogP) is 3.05. The smallest absolute Gasteiger partial charge is 0.330 e. The van der Waals surface area contributed by atoms with Gasteiger partial charge in [-0.1, -0.05) is 42.8 Å². The third-order valence-corrected chi connectivity index (χ3v) is 2.87. The van der Waals surface area contributed by atoms with Gasteiger partial charge in [0.1, 0.15) is 0 Å². The average Bonchev–Trinajstić information content (AvgIpc) is 2.39. The van der Waals surface area contributed by atoms with Gasteiger partial charge in [-0.2, -0.15) is 0 Å². The molecule has 18 heavy (non-hydrogen) atoms. The van der Waals surface area contributed by atoms with Crippen molar-refractivity contribution in [2.24, 2.45) is 5.92 Å². The van der Waals surface area contributed by atoms with E-state index in [2.05, 4.69) is 16.9 Å². The molecule has 3 heteroatoms. The van der Waals surface area contributed by atoms with Gasteiger partial charge in [-0.25, -0.2) is 4.79 Å². The molecule has 0 saturated heterocycles. The largest absolute Gasteiger partial charge is 0.466 e. The first kappa shape index (κ1) is 14.5. The molecule has 0 radical (unpaired) electrons. The van der Waals surface area contributed by atoms with E-state index < -0.39 is 0 Å². The SMILES string of the molecule is COC(=O)/C=C/[C@H](C)[C@@H](OC)c1ccc(C)cc1. The fraction of sp³-hybridized carbons (Fsp3) is 0.400. The third-order valence-electron chi connectivity index (χ3n) is 2.87. The molecule has 98 valence electrons. The van der Waals surface area contributed by atoms with Gasteiger partial charge in [0.2, 0.25) is 0 Å². The van der Waals surface area contributed by atoms with Crippen LogP contribution in [0.5, 0.6) is 0 Å². The van der Waals surface area contributed by atoms with Crippen LogP contribution in [0, 0.1) is 12.8 Å². The molecule has 1 rings (SSSR count). The molecular weight excluding hydrogens is 228 g/mol. The van der Waals surface area contributed by atoms with Crippen molar-refractivity contribution >= 4 is 5.97 Å². The van der Waals surface area contributed by atoms with E-state index >= 15 is 0 Å². The number of hydrogen-bond donors (Lipinski definition) is 0. The first-order chi connectivity index (χ1) is 8.58. The van der Waals surface area contributed by atoms with Gasteiger partial charge in [0.25, 0.3) is 0 Å². The Hall–Kier alpha value is -1.61. The van der Waals surface area contributed by atoms with Crippen molar-refractivity contribution in [3.8, 4) is 0 Å². The zero-order chi connectivity index (χ0) is 13.5. The van der Waals surface area contributed by atoms with Crippen LogP contribution in [0.1, 0.15) is 24.2 Å². The number of methoxy groups -OCH3 is 2. The standard InChI is InChI=1S/C15H20O3/c1-11-5-8-13(9-6-11)15(18-4)12(2)7-10-14(16)17-3/h5-10,12,15H,1-4H3/b10-7+/t12-,15+/m0/s1. The van der Waals surface area contributed by atoms with Crippen molar-refractivity contribution < 1.29 is 14.3 Å². The number of carbonyl (C=O) groups excluding carboxylic acids is 1. The van der Waals surface area contributed by atoms with Crippen LogP contribution in [0.4, 0.5) is 0 Å². The van der Waals surface area contributed by atoms with Gasteiger partial charge >= 0.3 is 5.97 Å². The van der Waals surface area contributed by atoms with E-state index in [9.17, 15) is 4.79 Å². The first-order valence-electron chi connectivity index (χ1n) is 5.94. The highest BCUT2D eigenvalue weighted by Crippen LogP contribution is 2.26. The summed E-state index contributed by atoms with van der Waals surface area (Å²) >= 11 is 0. The Kier molecular flexibility index (Phi) is 5.59. The van der Waals surface area contributed by atoms with E-state index in [0.717, 1.165) is 5.56 Å². The van der Waals surface area contributed by atoms with Gasteiger partial charge in [0.15, 0.2) is 0 Å². The number of esters is 1. The van der Waals surface area contributed by atoms with Gasteiger partial charge in [-0.05, 0) is 12.5 Å². The Morgan fingerprint density at radius 3 is 2.33 bits per heavy atom. The summed E-state index contributed by atoms with van der Waals surface area (Å²) in [6.45, 7) is 4.06. The maximum absolute atomic E-state index is 11.1. The summed E-state index contributed by atoms with van der Waals surface area (Å²) in [6.07, 6.45) is 3.18. The van der Waals surface area contributed by atoms with Crippen molar-refractivity contribution in [1.29, 1.82) is 0 Å². The molecule has 3 nitrogen and oxygen atoms in total. The van der Waals surface area contributed by atoms with E-state index in [4.69, 9.17) is 4.74 Å². The van der Waals surface area contributed by atoms with Crippen LogP contribution < -0.4 is 0 Å². The fourth-order valence-corrected chi connectivity index (χ4v) is 1.81. The van der Waals surface area contributed by atoms with Gasteiger partial charge in [0.05, 0.1) is 13.2 Å². The number of hydrogen-bond acceptors (Lipinski definition) is 3. The molecule has 0 spiro atoms. The minimum atomic E-state index is -0.347. The normalized spacial score (nSPS) is 14.4. The predicted molar refractivity (Wildman–Crippen MR) is 71.2 cm³/mol. The molecule has 2 atom stereocenters. The monoisotopic (exact) mass is 248 g/mol. The zero-order valence-corrected chi connectivity index (χ0v) is 11.3. The summed E-state index contributed by atoms with van der Waals surface area (Å²) in [5.41, 5.74) is 2.32. The van der Waals surface area contributed by atoms with Crippen LogP contribution in [0.3, 0.4) is 0 Å². The Bertz CT molecular complexity index is 406. The zero-order valence-electron chi connectivity index (χ0n) is 11.3. The van der Waals surface area contributed by atoms with Crippen molar-refractivity contribution in [2.75, 3.05) is 14.2 Å². The Morgan fingerprint density at radius 2 is 1.83 bits per heavy atom. The highest BCUT2D eigenvalue weighted by Gasteiger charge is 2.16. The molecule has 0 aliphatic heterocycles. The molecule has 0 heterocycles. The van der Waals surface area contributed by atoms with Crippen molar-refractivity contribution in [2.45, 2.75) is 20.0 Å². The van der Waals surface area contributed by atoms with Crippen LogP contribution in [0.2, 0.25) is 0 Å². The number of carbonyl (C=O) groups is 1. The summed E-state index contributed by atoms with van der Waals surface area (Å²) in [6, 6.07) is 8.20. The van der Waals surface area contributed by atoms with Crippen LogP contribution >= 0.6 is 0 Å². The molecule has 0 amide bonds. The van der Waals surface area contributed by atoms with Gasteiger partial charge in [-0.3, -0.25) is 0 Å². The topological polar surface area (TPSA) is 35.5 Å². The summed E-state index contributed by atoms with van der Waals surface area (Å²) in [4.78, 5) is 11.1. The Balaban J connectivity index is 2.79. The second-order valence-corrected chi connectivity index (χ2v) is 4.31. The highest BCUT2D eigenvalue weighted by molar-refractivity contribution is 5.81. The van der Waals surface area contributed by atoms with Crippen LogP contribution in [0.25, 0.3) is 0 Å². The Morgan fingerprint density at radius 1 is 1.22 bits per heavy atom. The summed E-state index contributed by atoms with van der Waals surface area (Å²) in [5, 5.41) is 0. The lowest BCUT2D eigenvalue weighted by Gasteiger charge is -2.20. The highest BCUT2D eigenvalue weighted by atomic mass is 16.5. The fourth-order valence-electron chi connectivity index (χ4n) is 1.81. The van der Waals surface area contributed by atoms with E-state index in [1.54, 1.807) is 13.2 Å². The lowest BCUT2D eigenvalue weighted by Crippen LogP contribution is -2.10. The maximum atomic E-state index is 11.1.